The van der Waals surface area contributed by atoms with E-state index < -0.39 is 5.60 Å². The summed E-state index contributed by atoms with van der Waals surface area (Å²) in [5.74, 6) is 2.24. The first-order valence-corrected chi connectivity index (χ1v) is 18.2. The number of hydrogen-bond donors (Lipinski definition) is 0. The van der Waals surface area contributed by atoms with Gasteiger partial charge in [0.25, 0.3) is 0 Å². The Hall–Kier alpha value is -3.91. The summed E-state index contributed by atoms with van der Waals surface area (Å²) in [7, 11) is 0. The molecule has 0 N–H and O–H groups in total. The second kappa shape index (κ2) is 15.1. The van der Waals surface area contributed by atoms with Crippen LogP contribution in [0.1, 0.15) is 69.8 Å². The summed E-state index contributed by atoms with van der Waals surface area (Å²) < 4.78 is 11.7. The molecule has 3 aromatic rings. The highest BCUT2D eigenvalue weighted by Gasteiger charge is 2.36. The van der Waals surface area contributed by atoms with Gasteiger partial charge in [0.1, 0.15) is 18.0 Å². The van der Waals surface area contributed by atoms with E-state index in [-0.39, 0.29) is 11.5 Å². The number of amides is 1. The van der Waals surface area contributed by atoms with E-state index in [9.17, 15) is 10.1 Å². The third-order valence-corrected chi connectivity index (χ3v) is 10.5. The van der Waals surface area contributed by atoms with E-state index in [1.54, 1.807) is 6.07 Å². The Bertz CT molecular complexity index is 1660. The van der Waals surface area contributed by atoms with E-state index in [0.29, 0.717) is 29.2 Å². The number of aromatic nitrogens is 2. The molecule has 3 fully saturated rings. The molecule has 1 aromatic heterocycles. The Labute approximate surface area is 301 Å². The SMILES string of the molecule is CC(C)(C)OC(=O)N1CCN(CC2CCN(C3CN(c4nccc(COc5ccc(C(C)(C)c6cc(Cl)cc(C#N)c6)cc5)n4)C3)CC2)CC1. The summed E-state index contributed by atoms with van der Waals surface area (Å²) in [5.41, 5.74) is 2.71. The van der Waals surface area contributed by atoms with E-state index in [0.717, 1.165) is 87.4 Å². The Kier molecular flexibility index (Phi) is 10.9. The van der Waals surface area contributed by atoms with Crippen LogP contribution in [0.15, 0.2) is 54.7 Å². The van der Waals surface area contributed by atoms with Gasteiger partial charge in [-0.1, -0.05) is 37.6 Å². The van der Waals surface area contributed by atoms with Crippen molar-refractivity contribution in [3.63, 3.8) is 0 Å². The molecule has 0 spiro atoms. The van der Waals surface area contributed by atoms with Crippen molar-refractivity contribution in [1.29, 1.82) is 5.26 Å². The third kappa shape index (κ3) is 8.87. The number of anilines is 1. The van der Waals surface area contributed by atoms with Crippen molar-refractivity contribution in [3.8, 4) is 11.8 Å². The van der Waals surface area contributed by atoms with Gasteiger partial charge in [-0.2, -0.15) is 5.26 Å². The molecule has 1 amide bonds. The molecule has 0 atom stereocenters. The number of benzene rings is 2. The number of nitrogens with zero attached hydrogens (tertiary/aromatic N) is 7. The molecular formula is C39H50ClN7O3. The lowest BCUT2D eigenvalue weighted by molar-refractivity contribution is 0.0117. The summed E-state index contributed by atoms with van der Waals surface area (Å²) >= 11 is 6.29. The lowest BCUT2D eigenvalue weighted by Crippen LogP contribution is -2.61. The number of rotatable bonds is 9. The second-order valence-electron chi connectivity index (χ2n) is 15.4. The average molecular weight is 700 g/mol. The molecule has 0 saturated carbocycles. The number of ether oxygens (including phenoxy) is 2. The van der Waals surface area contributed by atoms with Crippen molar-refractivity contribution in [2.24, 2.45) is 5.92 Å². The highest BCUT2D eigenvalue weighted by molar-refractivity contribution is 6.30. The minimum absolute atomic E-state index is 0.194. The van der Waals surface area contributed by atoms with Crippen LogP contribution < -0.4 is 9.64 Å². The fourth-order valence-electron chi connectivity index (χ4n) is 7.08. The Balaban J connectivity index is 0.921. The van der Waals surface area contributed by atoms with E-state index in [4.69, 9.17) is 26.1 Å². The van der Waals surface area contributed by atoms with Crippen LogP contribution in [-0.4, -0.2) is 101 Å². The molecule has 50 heavy (non-hydrogen) atoms. The van der Waals surface area contributed by atoms with Crippen LogP contribution in [0.5, 0.6) is 5.75 Å². The highest BCUT2D eigenvalue weighted by atomic mass is 35.5. The van der Waals surface area contributed by atoms with Gasteiger partial charge in [-0.15, -0.1) is 0 Å². The molecule has 0 aliphatic carbocycles. The first kappa shape index (κ1) is 35.9. The van der Waals surface area contributed by atoms with Crippen LogP contribution in [0.2, 0.25) is 5.02 Å². The van der Waals surface area contributed by atoms with E-state index in [1.807, 2.05) is 62.2 Å². The van der Waals surface area contributed by atoms with Gasteiger partial charge in [0.2, 0.25) is 5.95 Å². The van der Waals surface area contributed by atoms with Gasteiger partial charge in [-0.25, -0.2) is 14.8 Å². The largest absolute Gasteiger partial charge is 0.487 e. The van der Waals surface area contributed by atoms with Crippen molar-refractivity contribution < 1.29 is 14.3 Å². The summed E-state index contributed by atoms with van der Waals surface area (Å²) in [6.45, 7) is 18.9. The third-order valence-electron chi connectivity index (χ3n) is 10.3. The standard InChI is InChI=1S/C39H50ClN7O3/c1-38(2,3)50-37(48)46-18-16-44(17-19-46)24-28-11-14-45(15-12-28)34-25-47(26-34)36-42-13-10-33(43-36)27-49-35-8-6-30(7-9-35)39(4,5)31-20-29(23-41)21-32(40)22-31/h6-10,13,20-22,28,34H,11-12,14-19,24-27H2,1-5H3. The zero-order valence-corrected chi connectivity index (χ0v) is 30.8. The van der Waals surface area contributed by atoms with Crippen LogP contribution in [0.4, 0.5) is 10.7 Å². The number of nitriles is 1. The van der Waals surface area contributed by atoms with Crippen molar-refractivity contribution in [3.05, 3.63) is 82.1 Å². The van der Waals surface area contributed by atoms with Gasteiger partial charge in [0.05, 0.1) is 17.3 Å². The van der Waals surface area contributed by atoms with Crippen LogP contribution in [0, 0.1) is 17.2 Å². The molecule has 4 heterocycles. The normalized spacial score (nSPS) is 18.4. The van der Waals surface area contributed by atoms with Gasteiger partial charge in [-0.3, -0.25) is 9.80 Å². The van der Waals surface area contributed by atoms with Crippen LogP contribution in [0.25, 0.3) is 0 Å². The predicted octanol–water partition coefficient (Wildman–Crippen LogP) is 6.36. The Morgan fingerprint density at radius 3 is 2.30 bits per heavy atom. The Morgan fingerprint density at radius 2 is 1.64 bits per heavy atom. The topological polar surface area (TPSA) is 98.1 Å². The maximum absolute atomic E-state index is 12.4. The molecule has 3 aliphatic rings. The number of hydrogen-bond acceptors (Lipinski definition) is 9. The minimum atomic E-state index is -0.453. The molecule has 0 unspecified atom stereocenters. The minimum Gasteiger partial charge on any atom is -0.487 e. The van der Waals surface area contributed by atoms with Crippen molar-refractivity contribution in [1.82, 2.24) is 24.7 Å². The molecule has 11 heteroatoms. The van der Waals surface area contributed by atoms with Crippen molar-refractivity contribution in [2.75, 3.05) is 63.8 Å². The smallest absolute Gasteiger partial charge is 0.410 e. The maximum Gasteiger partial charge on any atom is 0.410 e. The molecule has 266 valence electrons. The number of piperazine rings is 1. The van der Waals surface area contributed by atoms with Gasteiger partial charge < -0.3 is 19.3 Å². The van der Waals surface area contributed by atoms with Gasteiger partial charge >= 0.3 is 6.09 Å². The maximum atomic E-state index is 12.4. The number of piperidine rings is 1. The summed E-state index contributed by atoms with van der Waals surface area (Å²) in [6.07, 6.45) is 4.06. The number of likely N-dealkylation sites (tertiary alicyclic amines) is 1. The number of carbonyl (C=O) groups excluding carboxylic acids is 1. The van der Waals surface area contributed by atoms with Crippen LogP contribution in [0.3, 0.4) is 0 Å². The predicted molar refractivity (Wildman–Crippen MR) is 196 cm³/mol. The van der Waals surface area contributed by atoms with Crippen LogP contribution >= 0.6 is 11.6 Å². The first-order valence-electron chi connectivity index (χ1n) is 17.8. The zero-order chi connectivity index (χ0) is 35.5. The van der Waals surface area contributed by atoms with Crippen molar-refractivity contribution in [2.45, 2.75) is 71.1 Å². The average Bonchev–Trinajstić information content (AvgIpc) is 3.07. The van der Waals surface area contributed by atoms with Crippen LogP contribution in [-0.2, 0) is 16.8 Å². The fourth-order valence-corrected chi connectivity index (χ4v) is 7.31. The lowest BCUT2D eigenvalue weighted by Gasteiger charge is -2.48. The van der Waals surface area contributed by atoms with Gasteiger partial charge in [-0.05, 0) is 100 Å². The monoisotopic (exact) mass is 699 g/mol. The van der Waals surface area contributed by atoms with E-state index in [2.05, 4.69) is 51.7 Å². The molecule has 3 aliphatic heterocycles. The number of halogens is 1. The zero-order valence-electron chi connectivity index (χ0n) is 30.1. The molecule has 0 bridgehead atoms. The van der Waals surface area contributed by atoms with E-state index in [1.165, 1.54) is 12.8 Å². The molecule has 0 radical (unpaired) electrons. The highest BCUT2D eigenvalue weighted by Crippen LogP contribution is 2.35. The second-order valence-corrected chi connectivity index (χ2v) is 15.9. The molecule has 10 nitrogen and oxygen atoms in total. The molecule has 3 saturated heterocycles. The summed E-state index contributed by atoms with van der Waals surface area (Å²) in [5, 5.41) is 9.94. The number of carbonyl (C=O) groups is 1. The Morgan fingerprint density at radius 1 is 0.940 bits per heavy atom. The van der Waals surface area contributed by atoms with Gasteiger partial charge in [0.15, 0.2) is 0 Å². The first-order chi connectivity index (χ1) is 23.9. The summed E-state index contributed by atoms with van der Waals surface area (Å²) in [4.78, 5) is 31.0. The van der Waals surface area contributed by atoms with Gasteiger partial charge in [0, 0.05) is 68.5 Å². The summed E-state index contributed by atoms with van der Waals surface area (Å²) in [6, 6.07) is 18.2. The lowest BCUT2D eigenvalue weighted by atomic mass is 9.78. The fraction of sp³-hybridized carbons (Fsp3) is 0.538. The molecular weight excluding hydrogens is 650 g/mol. The van der Waals surface area contributed by atoms with E-state index >= 15 is 0 Å². The molecule has 2 aromatic carbocycles. The van der Waals surface area contributed by atoms with Crippen molar-refractivity contribution >= 4 is 23.6 Å². The quantitative estimate of drug-likeness (QED) is 0.253. The molecule has 6 rings (SSSR count).